The van der Waals surface area contributed by atoms with Crippen LogP contribution in [0.2, 0.25) is 0 Å². The SMILES string of the molecule is CCN1CCN(c2cc3nc(-c4c(N)c5ccncc5[nH]c4=O)[nH]c3cc2F)CC1. The van der Waals surface area contributed by atoms with E-state index in [0.29, 0.717) is 39.1 Å². The summed E-state index contributed by atoms with van der Waals surface area (Å²) in [7, 11) is 0. The molecule has 1 fully saturated rings. The highest BCUT2D eigenvalue weighted by Crippen LogP contribution is 2.30. The molecule has 9 heteroatoms. The number of aromatic amines is 2. The van der Waals surface area contributed by atoms with Crippen molar-refractivity contribution < 1.29 is 4.39 Å². The third kappa shape index (κ3) is 2.98. The maximum absolute atomic E-state index is 14.9. The van der Waals surface area contributed by atoms with Gasteiger partial charge in [-0.15, -0.1) is 0 Å². The number of likely N-dealkylation sites (N-methyl/N-ethyl adjacent to an activating group) is 1. The summed E-state index contributed by atoms with van der Waals surface area (Å²) in [6, 6.07) is 4.91. The van der Waals surface area contributed by atoms with Crippen molar-refractivity contribution in [3.8, 4) is 11.4 Å². The molecule has 0 spiro atoms. The van der Waals surface area contributed by atoms with E-state index in [1.165, 1.54) is 6.07 Å². The molecule has 4 heterocycles. The molecular formula is C21H22FN7O. The van der Waals surface area contributed by atoms with Crippen molar-refractivity contribution in [2.75, 3.05) is 43.4 Å². The van der Waals surface area contributed by atoms with Gasteiger partial charge in [0.1, 0.15) is 17.2 Å². The topological polar surface area (TPSA) is 107 Å². The van der Waals surface area contributed by atoms with Crippen molar-refractivity contribution in [3.63, 3.8) is 0 Å². The number of H-pyrrole nitrogens is 2. The predicted octanol–water partition coefficient (Wildman–Crippen LogP) is 2.33. The van der Waals surface area contributed by atoms with Gasteiger partial charge in [0.15, 0.2) is 0 Å². The number of aromatic nitrogens is 4. The van der Waals surface area contributed by atoms with Gasteiger partial charge in [0, 0.05) is 43.8 Å². The van der Waals surface area contributed by atoms with Gasteiger partial charge in [0.2, 0.25) is 0 Å². The van der Waals surface area contributed by atoms with Crippen LogP contribution in [-0.4, -0.2) is 57.6 Å². The average molecular weight is 407 g/mol. The van der Waals surface area contributed by atoms with E-state index in [1.54, 1.807) is 24.5 Å². The summed E-state index contributed by atoms with van der Waals surface area (Å²) in [4.78, 5) is 31.4. The molecule has 1 aliphatic heterocycles. The van der Waals surface area contributed by atoms with Crippen molar-refractivity contribution >= 4 is 33.3 Å². The number of nitrogens with zero attached hydrogens (tertiary/aromatic N) is 4. The van der Waals surface area contributed by atoms with E-state index in [9.17, 15) is 9.18 Å². The highest BCUT2D eigenvalue weighted by Gasteiger charge is 2.21. The third-order valence-electron chi connectivity index (χ3n) is 5.80. The zero-order valence-corrected chi connectivity index (χ0v) is 16.6. The number of nitrogen functional groups attached to an aromatic ring is 1. The number of hydrogen-bond acceptors (Lipinski definition) is 6. The largest absolute Gasteiger partial charge is 0.397 e. The van der Waals surface area contributed by atoms with Crippen LogP contribution < -0.4 is 16.2 Å². The van der Waals surface area contributed by atoms with Gasteiger partial charge >= 0.3 is 0 Å². The van der Waals surface area contributed by atoms with Gasteiger partial charge in [0.25, 0.3) is 5.56 Å². The Balaban J connectivity index is 1.58. The molecule has 0 unspecified atom stereocenters. The molecule has 30 heavy (non-hydrogen) atoms. The van der Waals surface area contributed by atoms with Gasteiger partial charge < -0.3 is 25.5 Å². The van der Waals surface area contributed by atoms with Crippen LogP contribution in [0.1, 0.15) is 6.92 Å². The molecule has 1 aromatic carbocycles. The van der Waals surface area contributed by atoms with E-state index >= 15 is 0 Å². The number of piperazine rings is 1. The molecule has 1 saturated heterocycles. The number of benzene rings is 1. The van der Waals surface area contributed by atoms with Crippen LogP contribution in [0.25, 0.3) is 33.3 Å². The van der Waals surface area contributed by atoms with Crippen molar-refractivity contribution in [2.24, 2.45) is 0 Å². The highest BCUT2D eigenvalue weighted by molar-refractivity contribution is 5.97. The third-order valence-corrected chi connectivity index (χ3v) is 5.80. The Kier molecular flexibility index (Phi) is 4.39. The molecule has 8 nitrogen and oxygen atoms in total. The molecule has 0 atom stereocenters. The fourth-order valence-electron chi connectivity index (χ4n) is 4.09. The van der Waals surface area contributed by atoms with E-state index in [1.807, 2.05) is 4.90 Å². The number of anilines is 2. The second-order valence-corrected chi connectivity index (χ2v) is 7.49. The van der Waals surface area contributed by atoms with Crippen molar-refractivity contribution in [2.45, 2.75) is 6.92 Å². The standard InChI is InChI=1S/C21H22FN7O/c1-2-28-5-7-29(8-6-28)17-10-15-14(9-13(17)22)25-20(26-15)18-19(23)12-3-4-24-11-16(12)27-21(18)30/h3-4,9-11H,2,5-8H2,1H3,(H,25,26)(H3,23,27,30). The molecule has 0 aliphatic carbocycles. The van der Waals surface area contributed by atoms with Crippen LogP contribution in [-0.2, 0) is 0 Å². The highest BCUT2D eigenvalue weighted by atomic mass is 19.1. The zero-order valence-electron chi connectivity index (χ0n) is 16.6. The van der Waals surface area contributed by atoms with Crippen LogP contribution in [0.4, 0.5) is 15.8 Å². The number of imidazole rings is 1. The number of fused-ring (bicyclic) bond motifs is 2. The molecule has 3 aromatic heterocycles. The van der Waals surface area contributed by atoms with Gasteiger partial charge in [0.05, 0.1) is 34.1 Å². The first kappa shape index (κ1) is 18.6. The molecule has 0 radical (unpaired) electrons. The smallest absolute Gasteiger partial charge is 0.261 e. The fourth-order valence-corrected chi connectivity index (χ4v) is 4.09. The first-order chi connectivity index (χ1) is 14.5. The zero-order chi connectivity index (χ0) is 20.8. The van der Waals surface area contributed by atoms with Gasteiger partial charge in [-0.05, 0) is 18.7 Å². The summed E-state index contributed by atoms with van der Waals surface area (Å²) in [5.41, 5.74) is 8.66. The van der Waals surface area contributed by atoms with Crippen molar-refractivity contribution in [1.29, 1.82) is 0 Å². The van der Waals surface area contributed by atoms with E-state index in [0.717, 1.165) is 32.7 Å². The summed E-state index contributed by atoms with van der Waals surface area (Å²) in [5.74, 6) is 0.00364. The van der Waals surface area contributed by atoms with E-state index in [4.69, 9.17) is 5.73 Å². The maximum atomic E-state index is 14.9. The number of nitrogens with two attached hydrogens (primary N) is 1. The molecule has 4 aromatic rings. The number of rotatable bonds is 3. The Bertz CT molecular complexity index is 1300. The molecule has 154 valence electrons. The van der Waals surface area contributed by atoms with Crippen LogP contribution in [0.3, 0.4) is 0 Å². The molecule has 5 rings (SSSR count). The average Bonchev–Trinajstić information content (AvgIpc) is 3.15. The number of nitrogens with one attached hydrogen (secondary N) is 2. The Hall–Kier alpha value is -3.46. The molecule has 0 bridgehead atoms. The van der Waals surface area contributed by atoms with Crippen LogP contribution in [0, 0.1) is 5.82 Å². The number of hydrogen-bond donors (Lipinski definition) is 3. The van der Waals surface area contributed by atoms with E-state index in [-0.39, 0.29) is 16.9 Å². The number of pyridine rings is 2. The van der Waals surface area contributed by atoms with E-state index in [2.05, 4.69) is 31.8 Å². The molecule has 0 saturated carbocycles. The monoisotopic (exact) mass is 407 g/mol. The second-order valence-electron chi connectivity index (χ2n) is 7.49. The summed E-state index contributed by atoms with van der Waals surface area (Å²) < 4.78 is 14.9. The van der Waals surface area contributed by atoms with Gasteiger partial charge in [-0.25, -0.2) is 9.37 Å². The molecule has 0 amide bonds. The fraction of sp³-hybridized carbons (Fsp3) is 0.286. The first-order valence-corrected chi connectivity index (χ1v) is 9.97. The van der Waals surface area contributed by atoms with Gasteiger partial charge in [-0.2, -0.15) is 0 Å². The maximum Gasteiger partial charge on any atom is 0.261 e. The summed E-state index contributed by atoms with van der Waals surface area (Å²) in [6.45, 7) is 6.45. The lowest BCUT2D eigenvalue weighted by molar-refractivity contribution is 0.270. The quantitative estimate of drug-likeness (QED) is 0.481. The Labute approximate surface area is 171 Å². The minimum Gasteiger partial charge on any atom is -0.397 e. The number of halogens is 1. The Morgan fingerprint density at radius 3 is 2.73 bits per heavy atom. The predicted molar refractivity (Wildman–Crippen MR) is 116 cm³/mol. The summed E-state index contributed by atoms with van der Waals surface area (Å²) in [6.07, 6.45) is 3.16. The van der Waals surface area contributed by atoms with E-state index < -0.39 is 0 Å². The summed E-state index contributed by atoms with van der Waals surface area (Å²) in [5, 5.41) is 0.681. The minimum atomic E-state index is -0.372. The van der Waals surface area contributed by atoms with Gasteiger partial charge in [-0.3, -0.25) is 9.78 Å². The lowest BCUT2D eigenvalue weighted by Crippen LogP contribution is -2.46. The van der Waals surface area contributed by atoms with Crippen LogP contribution in [0.5, 0.6) is 0 Å². The normalized spacial score (nSPS) is 15.3. The van der Waals surface area contributed by atoms with Crippen molar-refractivity contribution in [1.82, 2.24) is 24.8 Å². The van der Waals surface area contributed by atoms with Crippen LogP contribution >= 0.6 is 0 Å². The Morgan fingerprint density at radius 1 is 1.17 bits per heavy atom. The minimum absolute atomic E-state index is 0.239. The molecule has 4 N–H and O–H groups in total. The summed E-state index contributed by atoms with van der Waals surface area (Å²) >= 11 is 0. The molecule has 1 aliphatic rings. The lowest BCUT2D eigenvalue weighted by Gasteiger charge is -2.35. The second kappa shape index (κ2) is 7.10. The lowest BCUT2D eigenvalue weighted by atomic mass is 10.1. The van der Waals surface area contributed by atoms with Crippen LogP contribution in [0.15, 0.2) is 35.4 Å². The first-order valence-electron chi connectivity index (χ1n) is 9.97. The van der Waals surface area contributed by atoms with Crippen molar-refractivity contribution in [3.05, 3.63) is 46.8 Å². The molecular weight excluding hydrogens is 385 g/mol. The Morgan fingerprint density at radius 2 is 1.97 bits per heavy atom. The van der Waals surface area contributed by atoms with Gasteiger partial charge in [-0.1, -0.05) is 6.92 Å².